The van der Waals surface area contributed by atoms with Crippen LogP contribution in [0.2, 0.25) is 0 Å². The van der Waals surface area contributed by atoms with Crippen LogP contribution >= 0.6 is 11.3 Å². The minimum atomic E-state index is -0.0298. The zero-order valence-electron chi connectivity index (χ0n) is 10.4. The summed E-state index contributed by atoms with van der Waals surface area (Å²) in [6.07, 6.45) is 6.16. The van der Waals surface area contributed by atoms with Gasteiger partial charge in [0.15, 0.2) is 0 Å². The highest BCUT2D eigenvalue weighted by molar-refractivity contribution is 7.08. The fraction of sp³-hybridized carbons (Fsp3) is 0.643. The second-order valence-electron chi connectivity index (χ2n) is 4.68. The van der Waals surface area contributed by atoms with Crippen LogP contribution in [0.1, 0.15) is 50.5 Å². The summed E-state index contributed by atoms with van der Waals surface area (Å²) in [5, 5.41) is 4.14. The normalized spacial score (nSPS) is 18.9. The van der Waals surface area contributed by atoms with Crippen molar-refractivity contribution in [1.29, 1.82) is 0 Å². The van der Waals surface area contributed by atoms with Crippen LogP contribution < -0.4 is 0 Å². The number of hydrogen-bond acceptors (Lipinski definition) is 3. The van der Waals surface area contributed by atoms with E-state index in [1.54, 1.807) is 11.3 Å². The Morgan fingerprint density at radius 2 is 2.24 bits per heavy atom. The van der Waals surface area contributed by atoms with Crippen LogP contribution in [0.3, 0.4) is 0 Å². The molecule has 1 saturated carbocycles. The lowest BCUT2D eigenvalue weighted by Crippen LogP contribution is -2.25. The summed E-state index contributed by atoms with van der Waals surface area (Å²) in [6, 6.07) is 2.07. The van der Waals surface area contributed by atoms with Gasteiger partial charge in [0.2, 0.25) is 0 Å². The number of hydrogen-bond donors (Lipinski definition) is 0. The Balaban J connectivity index is 2.14. The van der Waals surface area contributed by atoms with Crippen molar-refractivity contribution in [2.75, 3.05) is 6.61 Å². The third kappa shape index (κ3) is 3.09. The second kappa shape index (κ2) is 6.20. The maximum atomic E-state index is 12.1. The van der Waals surface area contributed by atoms with E-state index in [0.717, 1.165) is 5.56 Å². The zero-order chi connectivity index (χ0) is 12.1. The molecule has 0 aliphatic heterocycles. The van der Waals surface area contributed by atoms with Crippen molar-refractivity contribution in [2.45, 2.75) is 44.9 Å². The van der Waals surface area contributed by atoms with Crippen molar-refractivity contribution in [3.8, 4) is 0 Å². The highest BCUT2D eigenvalue weighted by atomic mass is 32.1. The van der Waals surface area contributed by atoms with E-state index >= 15 is 0 Å². The van der Waals surface area contributed by atoms with Crippen molar-refractivity contribution in [1.82, 2.24) is 0 Å². The Kier molecular flexibility index (Phi) is 4.60. The van der Waals surface area contributed by atoms with Crippen molar-refractivity contribution in [2.24, 2.45) is 5.92 Å². The van der Waals surface area contributed by atoms with E-state index in [-0.39, 0.29) is 11.9 Å². The summed E-state index contributed by atoms with van der Waals surface area (Å²) in [5.74, 6) is 0.427. The first-order valence-corrected chi connectivity index (χ1v) is 7.46. The maximum absolute atomic E-state index is 12.1. The fourth-order valence-electron chi connectivity index (χ4n) is 2.75. The monoisotopic (exact) mass is 252 g/mol. The van der Waals surface area contributed by atoms with Gasteiger partial charge in [0.25, 0.3) is 0 Å². The molecule has 2 nitrogen and oxygen atoms in total. The first-order valence-electron chi connectivity index (χ1n) is 6.51. The molecule has 0 bridgehead atoms. The molecule has 0 N–H and O–H groups in total. The second-order valence-corrected chi connectivity index (χ2v) is 5.46. The van der Waals surface area contributed by atoms with Crippen LogP contribution in [0.15, 0.2) is 16.8 Å². The molecule has 1 unspecified atom stereocenters. The summed E-state index contributed by atoms with van der Waals surface area (Å²) in [7, 11) is 0. The largest absolute Gasteiger partial charge is 0.466 e. The van der Waals surface area contributed by atoms with E-state index in [0.29, 0.717) is 12.5 Å². The van der Waals surface area contributed by atoms with Gasteiger partial charge in [-0.15, -0.1) is 0 Å². The molecule has 0 radical (unpaired) electrons. The number of esters is 1. The standard InChI is InChI=1S/C14H20O2S/c1-2-16-14(15)13(12-8-9-17-10-12)11-6-4-3-5-7-11/h8-11,13H,2-7H2,1H3. The predicted octanol–water partition coefficient (Wildman–Crippen LogP) is 3.98. The highest BCUT2D eigenvalue weighted by Gasteiger charge is 2.32. The minimum absolute atomic E-state index is 0.0264. The topological polar surface area (TPSA) is 26.3 Å². The summed E-state index contributed by atoms with van der Waals surface area (Å²) in [4.78, 5) is 12.1. The van der Waals surface area contributed by atoms with Crippen molar-refractivity contribution in [3.05, 3.63) is 22.4 Å². The molecule has 1 atom stereocenters. The van der Waals surface area contributed by atoms with Crippen LogP contribution in [-0.4, -0.2) is 12.6 Å². The van der Waals surface area contributed by atoms with E-state index in [1.165, 1.54) is 32.1 Å². The van der Waals surface area contributed by atoms with Crippen LogP contribution in [0.25, 0.3) is 0 Å². The molecular formula is C14H20O2S. The minimum Gasteiger partial charge on any atom is -0.466 e. The van der Waals surface area contributed by atoms with Gasteiger partial charge in [-0.2, -0.15) is 11.3 Å². The Labute approximate surface area is 107 Å². The van der Waals surface area contributed by atoms with E-state index < -0.39 is 0 Å². The van der Waals surface area contributed by atoms with Gasteiger partial charge in [-0.3, -0.25) is 4.79 Å². The molecule has 94 valence electrons. The Morgan fingerprint density at radius 1 is 1.47 bits per heavy atom. The smallest absolute Gasteiger partial charge is 0.313 e. The summed E-state index contributed by atoms with van der Waals surface area (Å²) in [6.45, 7) is 2.36. The van der Waals surface area contributed by atoms with Gasteiger partial charge in [-0.05, 0) is 48.1 Å². The fourth-order valence-corrected chi connectivity index (χ4v) is 3.45. The number of carbonyl (C=O) groups excluding carboxylic acids is 1. The molecule has 3 heteroatoms. The van der Waals surface area contributed by atoms with Crippen LogP contribution in [0.5, 0.6) is 0 Å². The Hall–Kier alpha value is -0.830. The molecule has 1 aliphatic rings. The molecular weight excluding hydrogens is 232 g/mol. The van der Waals surface area contributed by atoms with Gasteiger partial charge in [-0.1, -0.05) is 19.3 Å². The number of rotatable bonds is 4. The number of carbonyl (C=O) groups is 1. The van der Waals surface area contributed by atoms with Crippen LogP contribution in [0, 0.1) is 5.92 Å². The van der Waals surface area contributed by atoms with E-state index in [4.69, 9.17) is 4.74 Å². The highest BCUT2D eigenvalue weighted by Crippen LogP contribution is 2.37. The van der Waals surface area contributed by atoms with E-state index in [9.17, 15) is 4.79 Å². The number of thiophene rings is 1. The lowest BCUT2D eigenvalue weighted by molar-refractivity contribution is -0.146. The van der Waals surface area contributed by atoms with Gasteiger partial charge in [0, 0.05) is 0 Å². The average Bonchev–Trinajstić information content (AvgIpc) is 2.85. The molecule has 17 heavy (non-hydrogen) atoms. The summed E-state index contributed by atoms with van der Waals surface area (Å²) in [5.41, 5.74) is 1.15. The van der Waals surface area contributed by atoms with Gasteiger partial charge in [0.05, 0.1) is 12.5 Å². The molecule has 1 aromatic rings. The van der Waals surface area contributed by atoms with Crippen LogP contribution in [-0.2, 0) is 9.53 Å². The van der Waals surface area contributed by atoms with E-state index in [2.05, 4.69) is 11.4 Å². The third-order valence-corrected chi connectivity index (χ3v) is 4.27. The van der Waals surface area contributed by atoms with Gasteiger partial charge >= 0.3 is 5.97 Å². The quantitative estimate of drug-likeness (QED) is 0.758. The third-order valence-electron chi connectivity index (χ3n) is 3.56. The van der Waals surface area contributed by atoms with Crippen molar-refractivity contribution >= 4 is 17.3 Å². The first-order chi connectivity index (χ1) is 8.33. The molecule has 1 aliphatic carbocycles. The van der Waals surface area contributed by atoms with Gasteiger partial charge in [-0.25, -0.2) is 0 Å². The van der Waals surface area contributed by atoms with Crippen molar-refractivity contribution in [3.63, 3.8) is 0 Å². The van der Waals surface area contributed by atoms with Gasteiger partial charge in [0.1, 0.15) is 0 Å². The van der Waals surface area contributed by atoms with Crippen molar-refractivity contribution < 1.29 is 9.53 Å². The average molecular weight is 252 g/mol. The van der Waals surface area contributed by atoms with Gasteiger partial charge < -0.3 is 4.74 Å². The Bertz CT molecular complexity index is 339. The molecule has 2 rings (SSSR count). The zero-order valence-corrected chi connectivity index (χ0v) is 11.2. The molecule has 1 aromatic heterocycles. The lowest BCUT2D eigenvalue weighted by atomic mass is 9.77. The molecule has 0 spiro atoms. The molecule has 0 amide bonds. The predicted molar refractivity (Wildman–Crippen MR) is 70.3 cm³/mol. The molecule has 1 heterocycles. The molecule has 1 fully saturated rings. The lowest BCUT2D eigenvalue weighted by Gasteiger charge is -2.28. The Morgan fingerprint density at radius 3 is 2.82 bits per heavy atom. The SMILES string of the molecule is CCOC(=O)C(c1ccsc1)C1CCCCC1. The summed E-state index contributed by atoms with van der Waals surface area (Å²) >= 11 is 1.66. The summed E-state index contributed by atoms with van der Waals surface area (Å²) < 4.78 is 5.25. The molecule has 0 aromatic carbocycles. The number of ether oxygens (including phenoxy) is 1. The first kappa shape index (κ1) is 12.6. The molecule has 0 saturated heterocycles. The van der Waals surface area contributed by atoms with Crippen LogP contribution in [0.4, 0.5) is 0 Å². The maximum Gasteiger partial charge on any atom is 0.313 e. The van der Waals surface area contributed by atoms with E-state index in [1.807, 2.05) is 12.3 Å².